The maximum atomic E-state index is 11.1. The number of benzene rings is 1. The van der Waals surface area contributed by atoms with Crippen molar-refractivity contribution < 1.29 is 9.90 Å². The molecule has 0 amide bonds. The summed E-state index contributed by atoms with van der Waals surface area (Å²) in [5, 5.41) is 12.3. The van der Waals surface area contributed by atoms with Gasteiger partial charge in [0.2, 0.25) is 0 Å². The van der Waals surface area contributed by atoms with Crippen LogP contribution in [0.1, 0.15) is 30.6 Å². The molecule has 0 aliphatic rings. The van der Waals surface area contributed by atoms with E-state index in [0.717, 1.165) is 26.1 Å². The van der Waals surface area contributed by atoms with Crippen LogP contribution in [0.3, 0.4) is 0 Å². The number of carbonyl (C=O) groups is 1. The fourth-order valence-electron chi connectivity index (χ4n) is 1.99. The fraction of sp³-hybridized carbons (Fsp3) is 0.500. The molecule has 0 spiro atoms. The van der Waals surface area contributed by atoms with Crippen LogP contribution in [0.5, 0.6) is 0 Å². The Balaban J connectivity index is 2.61. The Morgan fingerprint density at radius 2 is 2.11 bits per heavy atom. The second-order valence-corrected chi connectivity index (χ2v) is 4.47. The number of hydrogen-bond acceptors (Lipinski definition) is 4. The van der Waals surface area contributed by atoms with E-state index in [4.69, 9.17) is 10.8 Å². The molecule has 0 unspecified atom stereocenters. The van der Waals surface area contributed by atoms with Gasteiger partial charge in [0.05, 0.1) is 11.3 Å². The number of carboxylic acids is 1. The molecule has 1 rings (SSSR count). The van der Waals surface area contributed by atoms with E-state index in [2.05, 4.69) is 24.1 Å². The highest BCUT2D eigenvalue weighted by atomic mass is 16.4. The number of nitrogen functional groups attached to an aromatic ring is 1. The minimum absolute atomic E-state index is 0.257. The second kappa shape index (κ2) is 7.63. The molecule has 19 heavy (non-hydrogen) atoms. The van der Waals surface area contributed by atoms with Crippen LogP contribution in [0.15, 0.2) is 18.2 Å². The fourth-order valence-corrected chi connectivity index (χ4v) is 1.99. The molecular formula is C14H23N3O2. The van der Waals surface area contributed by atoms with E-state index in [1.54, 1.807) is 12.1 Å². The average molecular weight is 265 g/mol. The van der Waals surface area contributed by atoms with Gasteiger partial charge in [0.1, 0.15) is 0 Å². The average Bonchev–Trinajstić information content (AvgIpc) is 2.37. The lowest BCUT2D eigenvalue weighted by molar-refractivity contribution is 0.0698. The van der Waals surface area contributed by atoms with Crippen molar-refractivity contribution in [1.29, 1.82) is 0 Å². The van der Waals surface area contributed by atoms with Gasteiger partial charge in [0.25, 0.3) is 0 Å². The number of aromatic carboxylic acids is 1. The van der Waals surface area contributed by atoms with Gasteiger partial charge in [-0.15, -0.1) is 0 Å². The summed E-state index contributed by atoms with van der Waals surface area (Å²) in [6.07, 6.45) is 1.12. The first-order chi connectivity index (χ1) is 9.08. The van der Waals surface area contributed by atoms with Gasteiger partial charge < -0.3 is 21.1 Å². The Hall–Kier alpha value is -1.75. The Morgan fingerprint density at radius 1 is 1.37 bits per heavy atom. The van der Waals surface area contributed by atoms with Crippen molar-refractivity contribution in [3.05, 3.63) is 23.8 Å². The Labute approximate surface area is 114 Å². The normalized spacial score (nSPS) is 10.7. The van der Waals surface area contributed by atoms with Crippen LogP contribution < -0.4 is 11.1 Å². The molecule has 0 saturated heterocycles. The van der Waals surface area contributed by atoms with Crippen LogP contribution >= 0.6 is 0 Å². The molecule has 4 N–H and O–H groups in total. The third-order valence-electron chi connectivity index (χ3n) is 3.00. The van der Waals surface area contributed by atoms with Crippen LogP contribution in [0.4, 0.5) is 11.4 Å². The highest BCUT2D eigenvalue weighted by Crippen LogP contribution is 2.19. The Bertz CT molecular complexity index is 421. The van der Waals surface area contributed by atoms with Crippen molar-refractivity contribution in [2.75, 3.05) is 37.2 Å². The molecule has 5 nitrogen and oxygen atoms in total. The monoisotopic (exact) mass is 265 g/mol. The third kappa shape index (κ3) is 4.79. The lowest BCUT2D eigenvalue weighted by atomic mass is 10.1. The lowest BCUT2D eigenvalue weighted by Crippen LogP contribution is -2.29. The zero-order valence-corrected chi connectivity index (χ0v) is 11.6. The van der Waals surface area contributed by atoms with E-state index in [0.29, 0.717) is 17.9 Å². The van der Waals surface area contributed by atoms with Gasteiger partial charge in [-0.1, -0.05) is 13.8 Å². The lowest BCUT2D eigenvalue weighted by Gasteiger charge is -2.20. The summed E-state index contributed by atoms with van der Waals surface area (Å²) in [7, 11) is 0. The molecule has 0 saturated carbocycles. The van der Waals surface area contributed by atoms with Crippen molar-refractivity contribution in [2.24, 2.45) is 0 Å². The number of nitrogens with two attached hydrogens (primary N) is 1. The first-order valence-corrected chi connectivity index (χ1v) is 6.67. The van der Waals surface area contributed by atoms with Crippen molar-refractivity contribution in [2.45, 2.75) is 20.3 Å². The maximum Gasteiger partial charge on any atom is 0.337 e. The van der Waals surface area contributed by atoms with Crippen LogP contribution in [-0.2, 0) is 0 Å². The minimum atomic E-state index is -0.941. The smallest absolute Gasteiger partial charge is 0.337 e. The van der Waals surface area contributed by atoms with E-state index < -0.39 is 5.97 Å². The van der Waals surface area contributed by atoms with E-state index in [1.807, 2.05) is 0 Å². The van der Waals surface area contributed by atoms with E-state index in [1.165, 1.54) is 6.07 Å². The molecule has 0 bridgehead atoms. The predicted octanol–water partition coefficient (Wildman–Crippen LogP) is 2.11. The topological polar surface area (TPSA) is 78.6 Å². The molecule has 5 heteroatoms. The highest BCUT2D eigenvalue weighted by Gasteiger charge is 2.10. The van der Waals surface area contributed by atoms with Crippen LogP contribution in [0.2, 0.25) is 0 Å². The number of rotatable bonds is 8. The molecule has 0 aliphatic carbocycles. The summed E-state index contributed by atoms with van der Waals surface area (Å²) in [4.78, 5) is 13.4. The number of nitrogens with one attached hydrogen (secondary N) is 1. The molecule has 0 radical (unpaired) electrons. The zero-order chi connectivity index (χ0) is 14.3. The van der Waals surface area contributed by atoms with Gasteiger partial charge >= 0.3 is 5.97 Å². The molecular weight excluding hydrogens is 242 g/mol. The van der Waals surface area contributed by atoms with Gasteiger partial charge in [-0.25, -0.2) is 4.79 Å². The highest BCUT2D eigenvalue weighted by molar-refractivity contribution is 5.95. The largest absolute Gasteiger partial charge is 0.478 e. The van der Waals surface area contributed by atoms with E-state index in [9.17, 15) is 4.79 Å². The summed E-state index contributed by atoms with van der Waals surface area (Å²) < 4.78 is 0. The quantitative estimate of drug-likeness (QED) is 0.627. The van der Waals surface area contributed by atoms with Gasteiger partial charge in [-0.05, 0) is 37.7 Å². The maximum absolute atomic E-state index is 11.1. The summed E-state index contributed by atoms with van der Waals surface area (Å²) in [5.74, 6) is -0.941. The van der Waals surface area contributed by atoms with Crippen molar-refractivity contribution in [3.8, 4) is 0 Å². The van der Waals surface area contributed by atoms with Gasteiger partial charge in [0, 0.05) is 18.8 Å². The molecule has 0 fully saturated rings. The first kappa shape index (κ1) is 15.3. The standard InChI is InChI=1S/C14H23N3O2/c1-3-8-17(4-2)9-7-16-13-10-11(15)5-6-12(13)14(18)19/h5-6,10,16H,3-4,7-9,15H2,1-2H3,(H,18,19). The molecule has 1 aromatic rings. The van der Waals surface area contributed by atoms with Crippen LogP contribution in [0, 0.1) is 0 Å². The number of likely N-dealkylation sites (N-methyl/N-ethyl adjacent to an activating group) is 1. The first-order valence-electron chi connectivity index (χ1n) is 6.67. The van der Waals surface area contributed by atoms with Gasteiger partial charge in [0.15, 0.2) is 0 Å². The second-order valence-electron chi connectivity index (χ2n) is 4.47. The van der Waals surface area contributed by atoms with Crippen molar-refractivity contribution >= 4 is 17.3 Å². The summed E-state index contributed by atoms with van der Waals surface area (Å²) in [6.45, 7) is 7.92. The number of hydrogen-bond donors (Lipinski definition) is 3. The third-order valence-corrected chi connectivity index (χ3v) is 3.00. The molecule has 0 atom stereocenters. The molecule has 0 heterocycles. The molecule has 0 aliphatic heterocycles. The van der Waals surface area contributed by atoms with Crippen LogP contribution in [0.25, 0.3) is 0 Å². The SMILES string of the molecule is CCCN(CC)CCNc1cc(N)ccc1C(=O)O. The Morgan fingerprint density at radius 3 is 2.68 bits per heavy atom. The van der Waals surface area contributed by atoms with E-state index >= 15 is 0 Å². The van der Waals surface area contributed by atoms with Gasteiger partial charge in [-0.2, -0.15) is 0 Å². The van der Waals surface area contributed by atoms with Crippen molar-refractivity contribution in [1.82, 2.24) is 4.90 Å². The summed E-state index contributed by atoms with van der Waals surface area (Å²) in [6, 6.07) is 4.80. The number of anilines is 2. The van der Waals surface area contributed by atoms with E-state index in [-0.39, 0.29) is 5.56 Å². The zero-order valence-electron chi connectivity index (χ0n) is 11.6. The molecule has 1 aromatic carbocycles. The summed E-state index contributed by atoms with van der Waals surface area (Å²) in [5.41, 5.74) is 7.09. The van der Waals surface area contributed by atoms with Gasteiger partial charge in [-0.3, -0.25) is 0 Å². The number of carboxylic acid groups (broad SMARTS) is 1. The predicted molar refractivity (Wildman–Crippen MR) is 78.7 cm³/mol. The minimum Gasteiger partial charge on any atom is -0.478 e. The molecule has 106 valence electrons. The Kier molecular flexibility index (Phi) is 6.15. The summed E-state index contributed by atoms with van der Waals surface area (Å²) >= 11 is 0. The molecule has 0 aromatic heterocycles. The van der Waals surface area contributed by atoms with Crippen molar-refractivity contribution in [3.63, 3.8) is 0 Å². The number of nitrogens with zero attached hydrogens (tertiary/aromatic N) is 1. The van der Waals surface area contributed by atoms with Crippen LogP contribution in [-0.4, -0.2) is 42.2 Å².